The molecule has 2 aliphatic rings. The number of carbonyl (C=O) groups is 6. The number of hydrogen-bond donors (Lipinski definition) is 6. The summed E-state index contributed by atoms with van der Waals surface area (Å²) < 4.78 is 14.3. The molecule has 0 radical (unpaired) electrons. The molecule has 2 fully saturated rings. The summed E-state index contributed by atoms with van der Waals surface area (Å²) in [7, 11) is 3.10. The average Bonchev–Trinajstić information content (AvgIpc) is 1.81. The van der Waals surface area contributed by atoms with E-state index in [4.69, 9.17) is 9.47 Å². The van der Waals surface area contributed by atoms with Gasteiger partial charge in [-0.25, -0.2) is 0 Å². The minimum absolute atomic E-state index is 0.0459. The van der Waals surface area contributed by atoms with Crippen LogP contribution in [0.2, 0.25) is 0 Å². The molecule has 87 heavy (non-hydrogen) atoms. The minimum Gasteiger partial charge on any atom is -0.507 e. The third-order valence-electron chi connectivity index (χ3n) is 15.7. The summed E-state index contributed by atoms with van der Waals surface area (Å²) in [6, 6.07) is 21.2. The van der Waals surface area contributed by atoms with Crippen LogP contribution in [0, 0.1) is 0 Å². The number of nitrogens with zero attached hydrogens (tertiary/aromatic N) is 10. The standard InChI is InChI=1S/C63H82N14O10/c1-10-54(80)67-49(21-22-55(81)74-29-25-72(26-30-74)37-41-13-17-43(18-14-41)76-57(68-70-59(76)62(84)64-11-2)47-33-45(39(4)5)52(86-8)35-50(47)78)61(83)66-24-23-56(82)75-31-27-73(28-32-75)38-42-15-19-44(20-16-42)77-58(69-71-60(77)63(85)65-12-3)48-34-46(40(6)7)53(87-9)36-51(48)79/h13-20,33-36,39-40,49,78-79H,10-12,21-32,37-38H2,1-9H3,(H,64,84)(H,65,85)(H,66,83)(H,67,80)/t49-/m1/s1. The van der Waals surface area contributed by atoms with E-state index in [1.165, 1.54) is 0 Å². The van der Waals surface area contributed by atoms with Gasteiger partial charge >= 0.3 is 0 Å². The maximum atomic E-state index is 13.6. The summed E-state index contributed by atoms with van der Waals surface area (Å²) in [5.41, 5.74) is 5.82. The molecule has 2 aliphatic heterocycles. The first-order chi connectivity index (χ1) is 41.9. The lowest BCUT2D eigenvalue weighted by Crippen LogP contribution is -2.50. The van der Waals surface area contributed by atoms with Crippen LogP contribution in [0.25, 0.3) is 34.2 Å². The number of phenolic OH excluding ortho intramolecular Hbond substituents is 2. The van der Waals surface area contributed by atoms with Gasteiger partial charge in [0, 0.05) is 128 Å². The van der Waals surface area contributed by atoms with Gasteiger partial charge in [0.05, 0.1) is 25.3 Å². The van der Waals surface area contributed by atoms with Gasteiger partial charge in [0.15, 0.2) is 11.6 Å². The second-order valence-electron chi connectivity index (χ2n) is 22.3. The van der Waals surface area contributed by atoms with Crippen LogP contribution in [0.15, 0.2) is 72.8 Å². The predicted octanol–water partition coefficient (Wildman–Crippen LogP) is 5.53. The first-order valence-electron chi connectivity index (χ1n) is 29.9. The van der Waals surface area contributed by atoms with Gasteiger partial charge < -0.3 is 50.8 Å². The highest BCUT2D eigenvalue weighted by molar-refractivity contribution is 5.93. The number of aromatic hydroxyl groups is 2. The Morgan fingerprint density at radius 1 is 0.552 bits per heavy atom. The van der Waals surface area contributed by atoms with Crippen LogP contribution in [0.1, 0.15) is 129 Å². The van der Waals surface area contributed by atoms with Crippen molar-refractivity contribution in [3.63, 3.8) is 0 Å². The minimum atomic E-state index is -0.954. The monoisotopic (exact) mass is 1190 g/mol. The van der Waals surface area contributed by atoms with Gasteiger partial charge in [-0.15, -0.1) is 20.4 Å². The number of aromatic nitrogens is 6. The normalized spacial score (nSPS) is 14.2. The lowest BCUT2D eigenvalue weighted by Gasteiger charge is -2.35. The van der Waals surface area contributed by atoms with Crippen LogP contribution in [0.4, 0.5) is 0 Å². The Bertz CT molecular complexity index is 3400. The highest BCUT2D eigenvalue weighted by Gasteiger charge is 2.30. The number of methoxy groups -OCH3 is 2. The van der Waals surface area contributed by atoms with E-state index in [9.17, 15) is 39.0 Å². The maximum absolute atomic E-state index is 13.6. The van der Waals surface area contributed by atoms with Crippen LogP contribution in [-0.2, 0) is 32.3 Å². The molecular weight excluding hydrogens is 1110 g/mol. The summed E-state index contributed by atoms with van der Waals surface area (Å²) in [6.45, 7) is 19.9. The molecule has 4 heterocycles. The number of piperazine rings is 2. The summed E-state index contributed by atoms with van der Waals surface area (Å²) in [6.07, 6.45) is 0.374. The van der Waals surface area contributed by atoms with Gasteiger partial charge in [-0.1, -0.05) is 58.9 Å². The second-order valence-corrected chi connectivity index (χ2v) is 22.3. The highest BCUT2D eigenvalue weighted by Crippen LogP contribution is 2.40. The zero-order chi connectivity index (χ0) is 62.5. The van der Waals surface area contributed by atoms with Crippen LogP contribution in [0.3, 0.4) is 0 Å². The lowest BCUT2D eigenvalue weighted by molar-refractivity contribution is -0.134. The SMILES string of the molecule is CCNC(=O)c1nnc(-c2cc(C(C)C)c(OC)cc2O)n1-c1ccc(CN2CCN(C(=O)CCNC(=O)[C@@H](CCC(=O)N3CCN(Cc4ccc(-n5c(C(=O)NCC)nnc5-c5cc(C(C)C)c(OC)cc5O)cc4)CC3)NC(=O)CC)CC2)cc1. The summed E-state index contributed by atoms with van der Waals surface area (Å²) in [4.78, 5) is 87.6. The molecule has 0 aliphatic carbocycles. The molecule has 4 aromatic carbocycles. The third-order valence-corrected chi connectivity index (χ3v) is 15.7. The van der Waals surface area contributed by atoms with Crippen molar-refractivity contribution < 1.29 is 48.5 Å². The largest absolute Gasteiger partial charge is 0.507 e. The Morgan fingerprint density at radius 3 is 1.34 bits per heavy atom. The van der Waals surface area contributed by atoms with E-state index >= 15 is 0 Å². The molecule has 8 rings (SSSR count). The summed E-state index contributed by atoms with van der Waals surface area (Å²) >= 11 is 0. The van der Waals surface area contributed by atoms with Crippen LogP contribution >= 0.6 is 0 Å². The van der Waals surface area contributed by atoms with Gasteiger partial charge in [-0.2, -0.15) is 0 Å². The molecule has 0 saturated carbocycles. The van der Waals surface area contributed by atoms with Crippen LogP contribution < -0.4 is 30.7 Å². The van der Waals surface area contributed by atoms with Crippen molar-refractivity contribution in [1.29, 1.82) is 0 Å². The van der Waals surface area contributed by atoms with Crippen molar-refractivity contribution in [3.05, 3.63) is 107 Å². The fraction of sp³-hybridized carbons (Fsp3) is 0.460. The van der Waals surface area contributed by atoms with E-state index in [1.54, 1.807) is 52.2 Å². The zero-order valence-corrected chi connectivity index (χ0v) is 51.3. The third kappa shape index (κ3) is 15.4. The molecule has 0 spiro atoms. The Hall–Kier alpha value is -8.90. The quantitative estimate of drug-likeness (QED) is 0.0411. The summed E-state index contributed by atoms with van der Waals surface area (Å²) in [5.74, 6) is 0.0412. The number of carbonyl (C=O) groups excluding carboxylic acids is 6. The Balaban J connectivity index is 0.794. The van der Waals surface area contributed by atoms with E-state index in [1.807, 2.05) is 102 Å². The molecule has 0 unspecified atom stereocenters. The fourth-order valence-corrected chi connectivity index (χ4v) is 10.9. The van der Waals surface area contributed by atoms with Crippen molar-refractivity contribution in [1.82, 2.24) is 70.4 Å². The number of benzene rings is 4. The Labute approximate surface area is 507 Å². The maximum Gasteiger partial charge on any atom is 0.289 e. The molecule has 6 aromatic rings. The number of ether oxygens (including phenoxy) is 2. The molecule has 464 valence electrons. The first kappa shape index (κ1) is 64.1. The number of nitrogens with one attached hydrogen (secondary N) is 4. The van der Waals surface area contributed by atoms with Crippen molar-refractivity contribution in [2.24, 2.45) is 0 Å². The zero-order valence-electron chi connectivity index (χ0n) is 51.3. The van der Waals surface area contributed by atoms with E-state index in [0.717, 1.165) is 22.3 Å². The number of phenols is 2. The molecule has 2 aromatic heterocycles. The topological polar surface area (TPSA) is 284 Å². The average molecular weight is 1200 g/mol. The predicted molar refractivity (Wildman–Crippen MR) is 327 cm³/mol. The molecule has 0 bridgehead atoms. The van der Waals surface area contributed by atoms with Gasteiger partial charge in [0.1, 0.15) is 29.0 Å². The smallest absolute Gasteiger partial charge is 0.289 e. The van der Waals surface area contributed by atoms with E-state index in [0.29, 0.717) is 124 Å². The first-order valence-corrected chi connectivity index (χ1v) is 29.9. The van der Waals surface area contributed by atoms with Gasteiger partial charge in [0.25, 0.3) is 11.8 Å². The number of hydrogen-bond acceptors (Lipinski definition) is 16. The van der Waals surface area contributed by atoms with Crippen molar-refractivity contribution in [3.8, 4) is 57.1 Å². The molecule has 2 saturated heterocycles. The van der Waals surface area contributed by atoms with E-state index < -0.39 is 23.8 Å². The Kier molecular flexibility index (Phi) is 21.7. The van der Waals surface area contributed by atoms with Crippen LogP contribution in [0.5, 0.6) is 23.0 Å². The lowest BCUT2D eigenvalue weighted by atomic mass is 9.98. The van der Waals surface area contributed by atoms with Gasteiger partial charge in [-0.3, -0.25) is 47.7 Å². The van der Waals surface area contributed by atoms with Crippen molar-refractivity contribution >= 4 is 35.4 Å². The molecular formula is C63H82N14O10. The summed E-state index contributed by atoms with van der Waals surface area (Å²) in [5, 5.41) is 50.7. The van der Waals surface area contributed by atoms with Crippen molar-refractivity contribution in [2.75, 3.05) is 86.2 Å². The molecule has 24 nitrogen and oxygen atoms in total. The van der Waals surface area contributed by atoms with Crippen LogP contribution in [-0.4, -0.2) is 187 Å². The van der Waals surface area contributed by atoms with Gasteiger partial charge in [0.2, 0.25) is 35.3 Å². The second kappa shape index (κ2) is 29.5. The molecule has 1 atom stereocenters. The van der Waals surface area contributed by atoms with Crippen molar-refractivity contribution in [2.45, 2.75) is 105 Å². The number of amides is 6. The fourth-order valence-electron chi connectivity index (χ4n) is 10.9. The van der Waals surface area contributed by atoms with Gasteiger partial charge in [-0.05, 0) is 90.8 Å². The van der Waals surface area contributed by atoms with E-state index in [-0.39, 0.29) is 84.9 Å². The molecule has 6 N–H and O–H groups in total. The molecule has 24 heteroatoms. The van der Waals surface area contributed by atoms with E-state index in [2.05, 4.69) is 51.5 Å². The Morgan fingerprint density at radius 2 is 0.966 bits per heavy atom. The number of rotatable bonds is 25. The molecule has 6 amide bonds. The highest BCUT2D eigenvalue weighted by atomic mass is 16.5.